The van der Waals surface area contributed by atoms with Gasteiger partial charge in [0.25, 0.3) is 0 Å². The molecule has 0 saturated carbocycles. The lowest BCUT2D eigenvalue weighted by atomic mass is 10.1. The van der Waals surface area contributed by atoms with Crippen molar-refractivity contribution in [3.63, 3.8) is 0 Å². The lowest BCUT2D eigenvalue weighted by Gasteiger charge is -2.04. The van der Waals surface area contributed by atoms with Crippen molar-refractivity contribution in [2.24, 2.45) is 0 Å². The molecule has 0 spiro atoms. The van der Waals surface area contributed by atoms with Crippen LogP contribution in [0.2, 0.25) is 0 Å². The van der Waals surface area contributed by atoms with Crippen LogP contribution in [0.4, 0.5) is 0 Å². The van der Waals surface area contributed by atoms with Crippen LogP contribution < -0.4 is 9.47 Å². The molecule has 3 aromatic rings. The zero-order valence-corrected chi connectivity index (χ0v) is 11.8. The Morgan fingerprint density at radius 2 is 1.95 bits per heavy atom. The molecule has 1 aliphatic heterocycles. The number of fused-ring (bicyclic) bond motifs is 3. The van der Waals surface area contributed by atoms with Crippen LogP contribution in [0.5, 0.6) is 11.5 Å². The summed E-state index contributed by atoms with van der Waals surface area (Å²) in [6.07, 6.45) is 3.30. The Morgan fingerprint density at radius 1 is 1.14 bits per heavy atom. The van der Waals surface area contributed by atoms with Crippen molar-refractivity contribution in [2.75, 3.05) is 7.11 Å². The van der Waals surface area contributed by atoms with Gasteiger partial charge in [0.2, 0.25) is 5.78 Å². The maximum absolute atomic E-state index is 12.6. The first-order valence-electron chi connectivity index (χ1n) is 6.85. The van der Waals surface area contributed by atoms with E-state index in [0.29, 0.717) is 22.6 Å². The quantitative estimate of drug-likeness (QED) is 0.668. The molecule has 0 fully saturated rings. The molecule has 22 heavy (non-hydrogen) atoms. The molecule has 4 heteroatoms. The molecule has 108 valence electrons. The average molecular weight is 292 g/mol. The smallest absolute Gasteiger partial charge is 0.235 e. The van der Waals surface area contributed by atoms with Crippen LogP contribution in [0.15, 0.2) is 58.9 Å². The van der Waals surface area contributed by atoms with Crippen molar-refractivity contribution in [2.45, 2.75) is 0 Å². The first-order chi connectivity index (χ1) is 10.8. The summed E-state index contributed by atoms with van der Waals surface area (Å²) in [6.45, 7) is 0. The van der Waals surface area contributed by atoms with Gasteiger partial charge in [-0.3, -0.25) is 4.79 Å². The van der Waals surface area contributed by atoms with Gasteiger partial charge in [-0.25, -0.2) is 0 Å². The molecule has 1 aromatic heterocycles. The van der Waals surface area contributed by atoms with Crippen LogP contribution in [0.3, 0.4) is 0 Å². The summed E-state index contributed by atoms with van der Waals surface area (Å²) < 4.78 is 16.5. The van der Waals surface area contributed by atoms with Gasteiger partial charge in [-0.1, -0.05) is 30.3 Å². The molecule has 0 bridgehead atoms. The van der Waals surface area contributed by atoms with E-state index in [1.54, 1.807) is 24.5 Å². The van der Waals surface area contributed by atoms with E-state index in [1.165, 1.54) is 7.11 Å². The normalized spacial score (nSPS) is 15.1. The number of allylic oxidation sites excluding steroid dienone is 1. The van der Waals surface area contributed by atoms with Gasteiger partial charge in [-0.05, 0) is 17.7 Å². The van der Waals surface area contributed by atoms with Crippen LogP contribution >= 0.6 is 0 Å². The second-order valence-corrected chi connectivity index (χ2v) is 4.97. The van der Waals surface area contributed by atoms with E-state index in [9.17, 15) is 4.79 Å². The predicted molar refractivity (Wildman–Crippen MR) is 82.1 cm³/mol. The Morgan fingerprint density at radius 3 is 2.73 bits per heavy atom. The van der Waals surface area contributed by atoms with Crippen LogP contribution in [-0.4, -0.2) is 12.9 Å². The number of hydrogen-bond donors (Lipinski definition) is 0. The van der Waals surface area contributed by atoms with Crippen LogP contribution in [-0.2, 0) is 0 Å². The third-order valence-electron chi connectivity index (χ3n) is 3.66. The fraction of sp³-hybridized carbons (Fsp3) is 0.0556. The van der Waals surface area contributed by atoms with Crippen LogP contribution in [0, 0.1) is 0 Å². The first kappa shape index (κ1) is 12.7. The number of hydrogen-bond acceptors (Lipinski definition) is 4. The second kappa shape index (κ2) is 4.77. The average Bonchev–Trinajstić information content (AvgIpc) is 3.13. The van der Waals surface area contributed by atoms with Crippen LogP contribution in [0.1, 0.15) is 15.9 Å². The zero-order valence-electron chi connectivity index (χ0n) is 11.8. The molecule has 2 heterocycles. The molecule has 0 atom stereocenters. The number of furan rings is 1. The topological polar surface area (TPSA) is 48.7 Å². The fourth-order valence-electron chi connectivity index (χ4n) is 2.62. The van der Waals surface area contributed by atoms with Crippen molar-refractivity contribution in [1.29, 1.82) is 0 Å². The van der Waals surface area contributed by atoms with Gasteiger partial charge < -0.3 is 13.9 Å². The number of rotatable bonds is 2. The van der Waals surface area contributed by atoms with Gasteiger partial charge in [0.05, 0.1) is 18.8 Å². The maximum atomic E-state index is 12.6. The number of methoxy groups -OCH3 is 1. The van der Waals surface area contributed by atoms with Crippen LogP contribution in [0.25, 0.3) is 17.0 Å². The fourth-order valence-corrected chi connectivity index (χ4v) is 2.62. The Kier molecular flexibility index (Phi) is 2.76. The Hall–Kier alpha value is -3.01. The van der Waals surface area contributed by atoms with Crippen molar-refractivity contribution in [3.8, 4) is 11.5 Å². The second-order valence-electron chi connectivity index (χ2n) is 4.97. The lowest BCUT2D eigenvalue weighted by molar-refractivity contribution is 0.101. The van der Waals surface area contributed by atoms with Gasteiger partial charge >= 0.3 is 0 Å². The molecule has 0 unspecified atom stereocenters. The summed E-state index contributed by atoms with van der Waals surface area (Å²) in [7, 11) is 1.52. The van der Waals surface area contributed by atoms with E-state index >= 15 is 0 Å². The molecular formula is C18H12O4. The number of carbonyl (C=O) groups is 1. The number of ether oxygens (including phenoxy) is 2. The van der Waals surface area contributed by atoms with E-state index in [-0.39, 0.29) is 11.5 Å². The summed E-state index contributed by atoms with van der Waals surface area (Å²) in [4.78, 5) is 12.6. The minimum Gasteiger partial charge on any atom is -0.496 e. The zero-order chi connectivity index (χ0) is 15.1. The van der Waals surface area contributed by atoms with E-state index in [2.05, 4.69) is 0 Å². The highest BCUT2D eigenvalue weighted by Gasteiger charge is 2.33. The molecule has 2 aromatic carbocycles. The highest BCUT2D eigenvalue weighted by molar-refractivity contribution is 6.19. The van der Waals surface area contributed by atoms with Gasteiger partial charge in [0, 0.05) is 6.07 Å². The molecule has 0 radical (unpaired) electrons. The largest absolute Gasteiger partial charge is 0.496 e. The summed E-state index contributed by atoms with van der Waals surface area (Å²) >= 11 is 0. The Labute approximate surface area is 126 Å². The number of benzene rings is 2. The molecule has 0 N–H and O–H groups in total. The van der Waals surface area contributed by atoms with Gasteiger partial charge in [-0.2, -0.15) is 0 Å². The predicted octanol–water partition coefficient (Wildman–Crippen LogP) is 4.06. The maximum Gasteiger partial charge on any atom is 0.235 e. The highest BCUT2D eigenvalue weighted by atomic mass is 16.5. The lowest BCUT2D eigenvalue weighted by Crippen LogP contribution is -2.00. The Bertz CT molecular complexity index is 903. The number of carbonyl (C=O) groups excluding carboxylic acids is 1. The molecule has 4 rings (SSSR count). The van der Waals surface area contributed by atoms with Crippen molar-refractivity contribution >= 4 is 22.8 Å². The van der Waals surface area contributed by atoms with E-state index in [4.69, 9.17) is 13.9 Å². The minimum atomic E-state index is -0.182. The van der Waals surface area contributed by atoms with Crippen molar-refractivity contribution in [1.82, 2.24) is 0 Å². The van der Waals surface area contributed by atoms with E-state index in [1.807, 2.05) is 30.3 Å². The monoisotopic (exact) mass is 292 g/mol. The summed E-state index contributed by atoms with van der Waals surface area (Å²) in [6, 6.07) is 13.1. The molecule has 1 aliphatic rings. The number of Topliss-reactive ketones (excluding diaryl/α,β-unsaturated/α-hetero) is 1. The van der Waals surface area contributed by atoms with Gasteiger partial charge in [0.15, 0.2) is 11.5 Å². The molecule has 4 nitrogen and oxygen atoms in total. The minimum absolute atomic E-state index is 0.182. The molecule has 0 saturated heterocycles. The molecule has 0 aliphatic carbocycles. The SMILES string of the molecule is COc1cc2occc2c2c1C(=O)C(=Cc1ccccc1)O2. The first-order valence-corrected chi connectivity index (χ1v) is 6.85. The third kappa shape index (κ3) is 1.81. The van der Waals surface area contributed by atoms with E-state index in [0.717, 1.165) is 10.9 Å². The third-order valence-corrected chi connectivity index (χ3v) is 3.66. The van der Waals surface area contributed by atoms with Gasteiger partial charge in [-0.15, -0.1) is 0 Å². The number of ketones is 1. The van der Waals surface area contributed by atoms with Crippen molar-refractivity contribution in [3.05, 3.63) is 65.6 Å². The summed E-state index contributed by atoms with van der Waals surface area (Å²) in [5.41, 5.74) is 1.98. The molecule has 0 amide bonds. The Balaban J connectivity index is 1.89. The standard InChI is InChI=1S/C18H12O4/c1-20-14-10-13-12(7-8-21-13)18-16(14)17(19)15(22-18)9-11-5-3-2-4-6-11/h2-10H,1H3. The summed E-state index contributed by atoms with van der Waals surface area (Å²) in [5, 5.41) is 0.764. The van der Waals surface area contributed by atoms with E-state index < -0.39 is 0 Å². The highest BCUT2D eigenvalue weighted by Crippen LogP contribution is 2.44. The molecular weight excluding hydrogens is 280 g/mol. The van der Waals surface area contributed by atoms with Crippen molar-refractivity contribution < 1.29 is 18.7 Å². The summed E-state index contributed by atoms with van der Waals surface area (Å²) in [5.74, 6) is 1.06. The van der Waals surface area contributed by atoms with Gasteiger partial charge in [0.1, 0.15) is 16.9 Å².